The first-order chi connectivity index (χ1) is 16.4. The van der Waals surface area contributed by atoms with Gasteiger partial charge in [-0.15, -0.1) is 0 Å². The molecule has 2 N–H and O–H groups in total. The molecule has 1 saturated heterocycles. The van der Waals surface area contributed by atoms with Crippen molar-refractivity contribution >= 4 is 17.4 Å². The van der Waals surface area contributed by atoms with Gasteiger partial charge in [-0.1, -0.05) is 23.5 Å². The monoisotopic (exact) mass is 486 g/mol. The van der Waals surface area contributed by atoms with Crippen molar-refractivity contribution in [1.29, 1.82) is 0 Å². The van der Waals surface area contributed by atoms with Crippen molar-refractivity contribution in [1.82, 2.24) is 9.88 Å². The first kappa shape index (κ1) is 23.5. The number of thiazole rings is 1. The van der Waals surface area contributed by atoms with Crippen molar-refractivity contribution in [3.63, 3.8) is 0 Å². The molecular weight excluding hydrogens is 460 g/mol. The zero-order valence-electron chi connectivity index (χ0n) is 18.9. The minimum absolute atomic E-state index is 0.0886. The number of cyclic esters (lactones) is 1. The van der Waals surface area contributed by atoms with Gasteiger partial charge < -0.3 is 24.1 Å². The van der Waals surface area contributed by atoms with Crippen LogP contribution in [0.25, 0.3) is 0 Å². The van der Waals surface area contributed by atoms with Gasteiger partial charge >= 0.3 is 11.0 Å². The second kappa shape index (κ2) is 10.5. The number of aromatic hydroxyl groups is 1. The van der Waals surface area contributed by atoms with E-state index in [0.717, 1.165) is 22.6 Å². The lowest BCUT2D eigenvalue weighted by atomic mass is 10.1. The molecule has 34 heavy (non-hydrogen) atoms. The van der Waals surface area contributed by atoms with Crippen molar-refractivity contribution in [3.8, 4) is 23.1 Å². The van der Waals surface area contributed by atoms with Gasteiger partial charge in [0, 0.05) is 6.42 Å². The van der Waals surface area contributed by atoms with Gasteiger partial charge in [0.05, 0.1) is 24.6 Å². The van der Waals surface area contributed by atoms with Crippen LogP contribution in [0.5, 0.6) is 23.1 Å². The maximum atomic E-state index is 12.3. The molecule has 2 unspecified atom stereocenters. The molecule has 1 fully saturated rings. The van der Waals surface area contributed by atoms with Crippen LogP contribution in [0.15, 0.2) is 53.3 Å². The highest BCUT2D eigenvalue weighted by Crippen LogP contribution is 2.23. The summed E-state index contributed by atoms with van der Waals surface area (Å²) < 4.78 is 22.1. The quantitative estimate of drug-likeness (QED) is 0.452. The summed E-state index contributed by atoms with van der Waals surface area (Å²) in [5.41, 5.74) is 0.939. The number of ether oxygens (including phenoxy) is 4. The number of hydrogen-bond donors (Lipinski definition) is 2. The standard InChI is InChI=1S/C24H26N2O7S/c1-15(13-31-18-5-3-16(4-6-18)11-21-22(27)25-23(28)34-21)26-12-20(33-24(26)29)14-32-19-9-7-17(30-2)8-10-19/h3-10,15,20,27H,11-14H2,1-2H3,(H,25,28). The minimum atomic E-state index is -0.389. The molecule has 2 aromatic carbocycles. The Balaban J connectivity index is 1.23. The van der Waals surface area contributed by atoms with Crippen LogP contribution in [0.4, 0.5) is 4.79 Å². The van der Waals surface area contributed by atoms with Gasteiger partial charge in [0.2, 0.25) is 5.88 Å². The predicted molar refractivity (Wildman–Crippen MR) is 126 cm³/mol. The molecule has 0 radical (unpaired) electrons. The van der Waals surface area contributed by atoms with Gasteiger partial charge in [0.15, 0.2) is 6.10 Å². The second-order valence-electron chi connectivity index (χ2n) is 7.91. The third-order valence-corrected chi connectivity index (χ3v) is 6.28. The molecule has 1 aliphatic heterocycles. The zero-order chi connectivity index (χ0) is 24.1. The number of benzene rings is 2. The average molecular weight is 487 g/mol. The van der Waals surface area contributed by atoms with Crippen LogP contribution in [0.3, 0.4) is 0 Å². The summed E-state index contributed by atoms with van der Waals surface area (Å²) in [6.07, 6.45) is -0.303. The summed E-state index contributed by atoms with van der Waals surface area (Å²) in [4.78, 5) is 27.9. The Bertz CT molecular complexity index is 1160. The molecule has 4 rings (SSSR count). The molecule has 1 aromatic heterocycles. The molecule has 1 aliphatic rings. The second-order valence-corrected chi connectivity index (χ2v) is 8.98. The predicted octanol–water partition coefficient (Wildman–Crippen LogP) is 3.41. The molecule has 2 heterocycles. The fourth-order valence-corrected chi connectivity index (χ4v) is 4.27. The number of nitrogens with one attached hydrogen (secondary N) is 1. The minimum Gasteiger partial charge on any atom is -0.497 e. The first-order valence-electron chi connectivity index (χ1n) is 10.8. The van der Waals surface area contributed by atoms with Crippen molar-refractivity contribution < 1.29 is 28.8 Å². The summed E-state index contributed by atoms with van der Waals surface area (Å²) in [5, 5.41) is 9.72. The Morgan fingerprint density at radius 3 is 2.38 bits per heavy atom. The number of amides is 1. The number of hydrogen-bond acceptors (Lipinski definition) is 8. The molecule has 9 nitrogen and oxygen atoms in total. The fraction of sp³-hybridized carbons (Fsp3) is 0.333. The molecule has 0 saturated carbocycles. The summed E-state index contributed by atoms with van der Waals surface area (Å²) in [6.45, 7) is 2.89. The molecule has 180 valence electrons. The highest BCUT2D eigenvalue weighted by molar-refractivity contribution is 7.09. The molecule has 0 bridgehead atoms. The maximum absolute atomic E-state index is 12.3. The van der Waals surface area contributed by atoms with E-state index in [-0.39, 0.29) is 35.6 Å². The number of aromatic nitrogens is 1. The van der Waals surface area contributed by atoms with Crippen molar-refractivity contribution in [2.45, 2.75) is 25.5 Å². The third-order valence-electron chi connectivity index (χ3n) is 5.41. The molecular formula is C24H26N2O7S. The third kappa shape index (κ3) is 5.82. The van der Waals surface area contributed by atoms with E-state index in [9.17, 15) is 14.7 Å². The zero-order valence-corrected chi connectivity index (χ0v) is 19.7. The van der Waals surface area contributed by atoms with E-state index in [4.69, 9.17) is 18.9 Å². The van der Waals surface area contributed by atoms with Gasteiger partial charge in [-0.25, -0.2) is 4.79 Å². The molecule has 10 heteroatoms. The van der Waals surface area contributed by atoms with Crippen LogP contribution in [-0.2, 0) is 11.2 Å². The van der Waals surface area contributed by atoms with Gasteiger partial charge in [-0.3, -0.25) is 14.7 Å². The number of nitrogens with zero attached hydrogens (tertiary/aromatic N) is 1. The van der Waals surface area contributed by atoms with Gasteiger partial charge in [-0.05, 0) is 48.9 Å². The van der Waals surface area contributed by atoms with Crippen molar-refractivity contribution in [3.05, 3.63) is 68.6 Å². The summed E-state index contributed by atoms with van der Waals surface area (Å²) in [6, 6.07) is 14.4. The molecule has 3 aromatic rings. The molecule has 0 aliphatic carbocycles. The summed E-state index contributed by atoms with van der Waals surface area (Å²) >= 11 is 0.990. The van der Waals surface area contributed by atoms with E-state index in [0.29, 0.717) is 35.9 Å². The summed E-state index contributed by atoms with van der Waals surface area (Å²) in [7, 11) is 1.60. The number of H-pyrrole nitrogens is 1. The highest BCUT2D eigenvalue weighted by Gasteiger charge is 2.35. The lowest BCUT2D eigenvalue weighted by Gasteiger charge is -2.22. The molecule has 1 amide bonds. The lowest BCUT2D eigenvalue weighted by molar-refractivity contribution is 0.100. The fourth-order valence-electron chi connectivity index (χ4n) is 3.52. The topological polar surface area (TPSA) is 110 Å². The Kier molecular flexibility index (Phi) is 7.27. The van der Waals surface area contributed by atoms with Crippen LogP contribution in [0, 0.1) is 0 Å². The molecule has 2 atom stereocenters. The number of carbonyl (C=O) groups excluding carboxylic acids is 1. The number of methoxy groups -OCH3 is 1. The normalized spacial score (nSPS) is 16.2. The SMILES string of the molecule is COc1ccc(OCC2CN(C(C)COc3ccc(Cc4sc(=O)[nH]c4O)cc3)C(=O)O2)cc1. The molecule has 0 spiro atoms. The van der Waals surface area contributed by atoms with Crippen molar-refractivity contribution in [2.24, 2.45) is 0 Å². The average Bonchev–Trinajstić information content (AvgIpc) is 3.37. The van der Waals surface area contributed by atoms with Gasteiger partial charge in [-0.2, -0.15) is 0 Å². The van der Waals surface area contributed by atoms with Gasteiger partial charge in [0.25, 0.3) is 0 Å². The largest absolute Gasteiger partial charge is 0.497 e. The number of rotatable bonds is 10. The highest BCUT2D eigenvalue weighted by atomic mass is 32.1. The van der Waals surface area contributed by atoms with E-state index in [1.807, 2.05) is 31.2 Å². The Morgan fingerprint density at radius 2 is 1.74 bits per heavy atom. The van der Waals surface area contributed by atoms with E-state index in [2.05, 4.69) is 4.98 Å². The van der Waals surface area contributed by atoms with Crippen LogP contribution in [0.2, 0.25) is 0 Å². The van der Waals surface area contributed by atoms with E-state index < -0.39 is 0 Å². The lowest BCUT2D eigenvalue weighted by Crippen LogP contribution is -2.38. The van der Waals surface area contributed by atoms with Gasteiger partial charge in [0.1, 0.15) is 30.5 Å². The maximum Gasteiger partial charge on any atom is 0.410 e. The first-order valence-corrected chi connectivity index (χ1v) is 11.6. The summed E-state index contributed by atoms with van der Waals surface area (Å²) in [5.74, 6) is 1.99. The van der Waals surface area contributed by atoms with Crippen LogP contribution in [0.1, 0.15) is 17.4 Å². The van der Waals surface area contributed by atoms with E-state index in [1.54, 1.807) is 36.3 Å². The van der Waals surface area contributed by atoms with Crippen LogP contribution < -0.4 is 19.1 Å². The van der Waals surface area contributed by atoms with E-state index >= 15 is 0 Å². The smallest absolute Gasteiger partial charge is 0.410 e. The number of aromatic amines is 1. The van der Waals surface area contributed by atoms with Crippen LogP contribution >= 0.6 is 11.3 Å². The van der Waals surface area contributed by atoms with Crippen LogP contribution in [-0.4, -0.2) is 60.1 Å². The van der Waals surface area contributed by atoms with Crippen molar-refractivity contribution in [2.75, 3.05) is 26.9 Å². The Hall–Kier alpha value is -3.66. The number of carbonyl (C=O) groups is 1. The Labute approximate surface area is 200 Å². The Morgan fingerprint density at radius 1 is 1.09 bits per heavy atom. The van der Waals surface area contributed by atoms with E-state index in [1.165, 1.54) is 0 Å².